The molecule has 2 aromatic rings. The lowest BCUT2D eigenvalue weighted by atomic mass is 10.1. The summed E-state index contributed by atoms with van der Waals surface area (Å²) in [7, 11) is 0. The third-order valence-electron chi connectivity index (χ3n) is 3.31. The van der Waals surface area contributed by atoms with Gasteiger partial charge in [-0.3, -0.25) is 14.9 Å². The SMILES string of the molecule is C[C@H](OC(=O)/C=C/c1ccc([N+](=O)[O-])cc1)C(=O)c1ccc(Br)cc1. The van der Waals surface area contributed by atoms with Crippen molar-refractivity contribution in [1.29, 1.82) is 0 Å². The van der Waals surface area contributed by atoms with Gasteiger partial charge in [0.1, 0.15) is 0 Å². The number of benzene rings is 2. The molecule has 1 atom stereocenters. The lowest BCUT2D eigenvalue weighted by Gasteiger charge is -2.10. The maximum Gasteiger partial charge on any atom is 0.331 e. The molecule has 7 heteroatoms. The second kappa shape index (κ2) is 8.34. The smallest absolute Gasteiger partial charge is 0.331 e. The monoisotopic (exact) mass is 403 g/mol. The number of Topliss-reactive ketones (excluding diaryl/α,β-unsaturated/α-hetero) is 1. The molecule has 0 unspecified atom stereocenters. The minimum absolute atomic E-state index is 0.0338. The lowest BCUT2D eigenvalue weighted by Crippen LogP contribution is -2.23. The molecule has 0 heterocycles. The number of hydrogen-bond donors (Lipinski definition) is 0. The average Bonchev–Trinajstić information content (AvgIpc) is 2.60. The van der Waals surface area contributed by atoms with Gasteiger partial charge in [-0.25, -0.2) is 4.79 Å². The summed E-state index contributed by atoms with van der Waals surface area (Å²) in [5.41, 5.74) is 1.02. The van der Waals surface area contributed by atoms with Crippen molar-refractivity contribution in [3.63, 3.8) is 0 Å². The van der Waals surface area contributed by atoms with E-state index in [1.165, 1.54) is 43.3 Å². The Balaban J connectivity index is 1.95. The van der Waals surface area contributed by atoms with E-state index in [-0.39, 0.29) is 11.5 Å². The molecule has 0 spiro atoms. The molecule has 0 amide bonds. The summed E-state index contributed by atoms with van der Waals surface area (Å²) in [6.07, 6.45) is 1.71. The van der Waals surface area contributed by atoms with Crippen LogP contribution < -0.4 is 0 Å². The Bertz CT molecular complexity index is 812. The predicted octanol–water partition coefficient (Wildman–Crippen LogP) is 4.19. The van der Waals surface area contributed by atoms with Gasteiger partial charge in [0, 0.05) is 28.2 Å². The summed E-state index contributed by atoms with van der Waals surface area (Å²) in [5.74, 6) is -0.971. The quantitative estimate of drug-likeness (QED) is 0.237. The summed E-state index contributed by atoms with van der Waals surface area (Å²) in [4.78, 5) is 34.1. The van der Waals surface area contributed by atoms with E-state index in [4.69, 9.17) is 4.74 Å². The van der Waals surface area contributed by atoms with E-state index in [1.54, 1.807) is 24.3 Å². The van der Waals surface area contributed by atoms with Crippen LogP contribution in [-0.2, 0) is 9.53 Å². The molecule has 0 aliphatic carbocycles. The van der Waals surface area contributed by atoms with Crippen molar-refractivity contribution in [3.05, 3.63) is 80.3 Å². The summed E-state index contributed by atoms with van der Waals surface area (Å²) in [6, 6.07) is 12.4. The number of nitrogens with zero attached hydrogens (tertiary/aromatic N) is 1. The van der Waals surface area contributed by atoms with Crippen LogP contribution in [0.4, 0.5) is 5.69 Å². The highest BCUT2D eigenvalue weighted by Crippen LogP contribution is 2.14. The Kier molecular flexibility index (Phi) is 6.19. The average molecular weight is 404 g/mol. The van der Waals surface area contributed by atoms with Crippen LogP contribution in [0.15, 0.2) is 59.1 Å². The second-order valence-electron chi connectivity index (χ2n) is 5.13. The first kappa shape index (κ1) is 18.5. The third kappa shape index (κ3) is 5.36. The number of non-ortho nitro benzene ring substituents is 1. The van der Waals surface area contributed by atoms with Crippen LogP contribution in [0.3, 0.4) is 0 Å². The number of nitro benzene ring substituents is 1. The van der Waals surface area contributed by atoms with Crippen LogP contribution in [-0.4, -0.2) is 22.8 Å². The van der Waals surface area contributed by atoms with Gasteiger partial charge >= 0.3 is 5.97 Å². The minimum atomic E-state index is -0.921. The van der Waals surface area contributed by atoms with Crippen LogP contribution in [0, 0.1) is 10.1 Å². The number of ether oxygens (including phenoxy) is 1. The zero-order valence-corrected chi connectivity index (χ0v) is 14.8. The van der Waals surface area contributed by atoms with Crippen LogP contribution in [0.25, 0.3) is 6.08 Å². The molecular weight excluding hydrogens is 390 g/mol. The lowest BCUT2D eigenvalue weighted by molar-refractivity contribution is -0.384. The number of carbonyl (C=O) groups excluding carboxylic acids is 2. The van der Waals surface area contributed by atoms with Crippen LogP contribution in [0.2, 0.25) is 0 Å². The van der Waals surface area contributed by atoms with Gasteiger partial charge in [-0.05, 0) is 42.8 Å². The molecule has 0 radical (unpaired) electrons. The number of hydrogen-bond acceptors (Lipinski definition) is 5. The van der Waals surface area contributed by atoms with Gasteiger partial charge in [0.25, 0.3) is 5.69 Å². The fourth-order valence-electron chi connectivity index (χ4n) is 1.99. The van der Waals surface area contributed by atoms with Crippen molar-refractivity contribution in [2.45, 2.75) is 13.0 Å². The second-order valence-corrected chi connectivity index (χ2v) is 6.05. The van der Waals surface area contributed by atoms with Gasteiger partial charge in [-0.15, -0.1) is 0 Å². The molecule has 0 saturated heterocycles. The van der Waals surface area contributed by atoms with E-state index in [0.717, 1.165) is 4.47 Å². The zero-order chi connectivity index (χ0) is 18.4. The van der Waals surface area contributed by atoms with Gasteiger partial charge in [0.15, 0.2) is 6.10 Å². The summed E-state index contributed by atoms with van der Waals surface area (Å²) < 4.78 is 5.93. The molecule has 25 heavy (non-hydrogen) atoms. The van der Waals surface area contributed by atoms with Crippen molar-refractivity contribution < 1.29 is 19.2 Å². The Morgan fingerprint density at radius 3 is 2.28 bits per heavy atom. The van der Waals surface area contributed by atoms with Gasteiger partial charge in [0.05, 0.1) is 4.92 Å². The van der Waals surface area contributed by atoms with Crippen molar-refractivity contribution in [3.8, 4) is 0 Å². The standard InChI is InChI=1S/C18H14BrNO5/c1-12(18(22)14-5-7-15(19)8-6-14)25-17(21)11-4-13-2-9-16(10-3-13)20(23)24/h2-12H,1H3/b11-4+/t12-/m0/s1. The Morgan fingerprint density at radius 2 is 1.72 bits per heavy atom. The summed E-state index contributed by atoms with van der Waals surface area (Å²) in [6.45, 7) is 1.50. The number of nitro groups is 1. The van der Waals surface area contributed by atoms with E-state index in [0.29, 0.717) is 11.1 Å². The minimum Gasteiger partial charge on any atom is -0.451 e. The molecule has 6 nitrogen and oxygen atoms in total. The van der Waals surface area contributed by atoms with Crippen LogP contribution >= 0.6 is 15.9 Å². The molecule has 2 rings (SSSR count). The number of esters is 1. The fourth-order valence-corrected chi connectivity index (χ4v) is 2.25. The molecule has 2 aromatic carbocycles. The van der Waals surface area contributed by atoms with E-state index < -0.39 is 17.0 Å². The molecule has 0 aromatic heterocycles. The number of halogens is 1. The van der Waals surface area contributed by atoms with E-state index in [9.17, 15) is 19.7 Å². The van der Waals surface area contributed by atoms with E-state index in [1.807, 2.05) is 0 Å². The van der Waals surface area contributed by atoms with Crippen LogP contribution in [0.5, 0.6) is 0 Å². The van der Waals surface area contributed by atoms with Gasteiger partial charge in [0.2, 0.25) is 5.78 Å². The van der Waals surface area contributed by atoms with Crippen molar-refractivity contribution in [2.75, 3.05) is 0 Å². The molecule has 128 valence electrons. The maximum atomic E-state index is 12.2. The van der Waals surface area contributed by atoms with Gasteiger partial charge < -0.3 is 4.74 Å². The number of rotatable bonds is 6. The zero-order valence-electron chi connectivity index (χ0n) is 13.2. The van der Waals surface area contributed by atoms with E-state index >= 15 is 0 Å². The van der Waals surface area contributed by atoms with E-state index in [2.05, 4.69) is 15.9 Å². The normalized spacial score (nSPS) is 11.9. The van der Waals surface area contributed by atoms with Crippen LogP contribution in [0.1, 0.15) is 22.8 Å². The van der Waals surface area contributed by atoms with Crippen molar-refractivity contribution in [1.82, 2.24) is 0 Å². The fraction of sp³-hybridized carbons (Fsp3) is 0.111. The third-order valence-corrected chi connectivity index (χ3v) is 3.84. The summed E-state index contributed by atoms with van der Waals surface area (Å²) >= 11 is 3.28. The molecule has 0 bridgehead atoms. The number of ketones is 1. The van der Waals surface area contributed by atoms with Gasteiger partial charge in [-0.2, -0.15) is 0 Å². The Labute approximate surface area is 152 Å². The first-order valence-electron chi connectivity index (χ1n) is 7.30. The topological polar surface area (TPSA) is 86.5 Å². The predicted molar refractivity (Wildman–Crippen MR) is 96.2 cm³/mol. The number of carbonyl (C=O) groups is 2. The molecule has 0 fully saturated rings. The Morgan fingerprint density at radius 1 is 1.12 bits per heavy atom. The van der Waals surface area contributed by atoms with Gasteiger partial charge in [-0.1, -0.05) is 28.1 Å². The highest BCUT2D eigenvalue weighted by atomic mass is 79.9. The van der Waals surface area contributed by atoms with Crippen molar-refractivity contribution in [2.24, 2.45) is 0 Å². The highest BCUT2D eigenvalue weighted by Gasteiger charge is 2.18. The molecule has 0 aliphatic heterocycles. The largest absolute Gasteiger partial charge is 0.451 e. The molecule has 0 aliphatic rings. The molecule has 0 N–H and O–H groups in total. The summed E-state index contributed by atoms with van der Waals surface area (Å²) in [5, 5.41) is 10.6. The molecular formula is C18H14BrNO5. The molecule has 0 saturated carbocycles. The highest BCUT2D eigenvalue weighted by molar-refractivity contribution is 9.10. The Hall–Kier alpha value is -2.80. The first-order valence-corrected chi connectivity index (χ1v) is 8.09. The maximum absolute atomic E-state index is 12.2. The first-order chi connectivity index (χ1) is 11.9. The van der Waals surface area contributed by atoms with Crippen molar-refractivity contribution >= 4 is 39.4 Å².